The summed E-state index contributed by atoms with van der Waals surface area (Å²) >= 11 is 1.36. The van der Waals surface area contributed by atoms with Crippen LogP contribution in [0.15, 0.2) is 17.6 Å². The molecule has 0 aromatic carbocycles. The number of hydrogen-bond donors (Lipinski definition) is 0. The molecule has 0 amide bonds. The van der Waals surface area contributed by atoms with Crippen LogP contribution in [0.25, 0.3) is 5.78 Å². The number of rotatable bonds is 2. The monoisotopic (exact) mass is 211 g/mol. The van der Waals surface area contributed by atoms with E-state index in [4.69, 9.17) is 0 Å². The Bertz CT molecular complexity index is 496. The van der Waals surface area contributed by atoms with Crippen LogP contribution in [0.4, 0.5) is 5.69 Å². The van der Waals surface area contributed by atoms with E-state index in [1.165, 1.54) is 22.5 Å². The minimum Gasteiger partial charge on any atom is -0.258 e. The number of aromatic nitrogens is 4. The molecule has 0 spiro atoms. The highest BCUT2D eigenvalue weighted by atomic mass is 32.2. The van der Waals surface area contributed by atoms with E-state index in [1.807, 2.05) is 6.26 Å². The van der Waals surface area contributed by atoms with Crippen molar-refractivity contribution >= 4 is 23.2 Å². The van der Waals surface area contributed by atoms with Crippen molar-refractivity contribution in [3.63, 3.8) is 0 Å². The molecule has 7 nitrogen and oxygen atoms in total. The SMILES string of the molecule is CSc1nc2ncc([N+](=O)[O-])cn2n1. The third kappa shape index (κ3) is 1.39. The predicted molar refractivity (Wildman–Crippen MR) is 49.2 cm³/mol. The summed E-state index contributed by atoms with van der Waals surface area (Å²) in [7, 11) is 0. The summed E-state index contributed by atoms with van der Waals surface area (Å²) < 4.78 is 1.30. The van der Waals surface area contributed by atoms with E-state index < -0.39 is 4.92 Å². The molecule has 2 heterocycles. The van der Waals surface area contributed by atoms with Gasteiger partial charge in [0.05, 0.1) is 4.92 Å². The average Bonchev–Trinajstić information content (AvgIpc) is 2.58. The van der Waals surface area contributed by atoms with Crippen LogP contribution < -0.4 is 0 Å². The molecule has 8 heteroatoms. The minimum atomic E-state index is -0.521. The van der Waals surface area contributed by atoms with E-state index in [-0.39, 0.29) is 5.69 Å². The average molecular weight is 211 g/mol. The number of fused-ring (bicyclic) bond motifs is 1. The van der Waals surface area contributed by atoms with Crippen LogP contribution >= 0.6 is 11.8 Å². The lowest BCUT2D eigenvalue weighted by Crippen LogP contribution is -1.95. The van der Waals surface area contributed by atoms with Gasteiger partial charge < -0.3 is 0 Å². The summed E-state index contributed by atoms with van der Waals surface area (Å²) in [6.07, 6.45) is 4.27. The molecule has 0 saturated heterocycles. The van der Waals surface area contributed by atoms with Crippen molar-refractivity contribution in [3.8, 4) is 0 Å². The molecule has 2 aromatic heterocycles. The van der Waals surface area contributed by atoms with E-state index in [2.05, 4.69) is 15.1 Å². The molecule has 2 rings (SSSR count). The van der Waals surface area contributed by atoms with Crippen molar-refractivity contribution in [1.82, 2.24) is 19.6 Å². The highest BCUT2D eigenvalue weighted by molar-refractivity contribution is 7.98. The van der Waals surface area contributed by atoms with Crippen molar-refractivity contribution < 1.29 is 4.92 Å². The Morgan fingerprint density at radius 1 is 1.64 bits per heavy atom. The van der Waals surface area contributed by atoms with Gasteiger partial charge in [0.25, 0.3) is 5.78 Å². The molecule has 14 heavy (non-hydrogen) atoms. The Kier molecular flexibility index (Phi) is 2.04. The van der Waals surface area contributed by atoms with Gasteiger partial charge >= 0.3 is 5.69 Å². The van der Waals surface area contributed by atoms with Crippen LogP contribution in [0, 0.1) is 10.1 Å². The first-order chi connectivity index (χ1) is 6.70. The van der Waals surface area contributed by atoms with Gasteiger partial charge in [-0.1, -0.05) is 11.8 Å². The van der Waals surface area contributed by atoms with Crippen LogP contribution in [0.2, 0.25) is 0 Å². The van der Waals surface area contributed by atoms with Gasteiger partial charge in [-0.15, -0.1) is 5.10 Å². The molecule has 0 aliphatic carbocycles. The van der Waals surface area contributed by atoms with Crippen molar-refractivity contribution in [2.24, 2.45) is 0 Å². The smallest absolute Gasteiger partial charge is 0.258 e. The summed E-state index contributed by atoms with van der Waals surface area (Å²) in [5, 5.41) is 14.9. The van der Waals surface area contributed by atoms with Gasteiger partial charge in [-0.2, -0.15) is 9.50 Å². The van der Waals surface area contributed by atoms with E-state index in [9.17, 15) is 10.1 Å². The van der Waals surface area contributed by atoms with Gasteiger partial charge in [0.15, 0.2) is 0 Å². The molecular formula is C6H5N5O2S. The molecule has 0 saturated carbocycles. The number of nitrogens with zero attached hydrogens (tertiary/aromatic N) is 5. The zero-order valence-electron chi connectivity index (χ0n) is 7.12. The van der Waals surface area contributed by atoms with E-state index >= 15 is 0 Å². The molecule has 0 fully saturated rings. The maximum Gasteiger partial charge on any atom is 0.305 e. The molecule has 0 bridgehead atoms. The van der Waals surface area contributed by atoms with Gasteiger partial charge in [0.2, 0.25) is 5.16 Å². The summed E-state index contributed by atoms with van der Waals surface area (Å²) in [5.41, 5.74) is -0.102. The second-order valence-electron chi connectivity index (χ2n) is 2.41. The highest BCUT2D eigenvalue weighted by Gasteiger charge is 2.10. The third-order valence-electron chi connectivity index (χ3n) is 1.55. The van der Waals surface area contributed by atoms with E-state index in [1.54, 1.807) is 0 Å². The lowest BCUT2D eigenvalue weighted by Gasteiger charge is -1.90. The van der Waals surface area contributed by atoms with Crippen LogP contribution in [-0.4, -0.2) is 30.8 Å². The van der Waals surface area contributed by atoms with Gasteiger partial charge in [-0.25, -0.2) is 4.98 Å². The number of hydrogen-bond acceptors (Lipinski definition) is 6. The third-order valence-corrected chi connectivity index (χ3v) is 2.09. The van der Waals surface area contributed by atoms with Crippen LogP contribution in [0.3, 0.4) is 0 Å². The zero-order valence-corrected chi connectivity index (χ0v) is 7.93. The summed E-state index contributed by atoms with van der Waals surface area (Å²) in [5.74, 6) is 0.361. The highest BCUT2D eigenvalue weighted by Crippen LogP contribution is 2.12. The van der Waals surface area contributed by atoms with Crippen molar-refractivity contribution in [2.75, 3.05) is 6.26 Å². The molecule has 0 atom stereocenters. The molecule has 0 aliphatic heterocycles. The molecule has 2 aromatic rings. The van der Waals surface area contributed by atoms with E-state index in [0.29, 0.717) is 10.9 Å². The quantitative estimate of drug-likeness (QED) is 0.414. The molecule has 72 valence electrons. The first-order valence-electron chi connectivity index (χ1n) is 3.61. The maximum atomic E-state index is 10.4. The summed E-state index contributed by atoms with van der Waals surface area (Å²) in [4.78, 5) is 17.7. The predicted octanol–water partition coefficient (Wildman–Crippen LogP) is 0.754. The minimum absolute atomic E-state index is 0.102. The summed E-state index contributed by atoms with van der Waals surface area (Å²) in [6, 6.07) is 0. The Labute approximate surface area is 82.3 Å². The van der Waals surface area contributed by atoms with Gasteiger partial charge in [0, 0.05) is 0 Å². The Morgan fingerprint density at radius 3 is 3.07 bits per heavy atom. The topological polar surface area (TPSA) is 86.2 Å². The van der Waals surface area contributed by atoms with Gasteiger partial charge in [-0.3, -0.25) is 10.1 Å². The second-order valence-corrected chi connectivity index (χ2v) is 3.19. The Morgan fingerprint density at radius 2 is 2.43 bits per heavy atom. The molecule has 0 unspecified atom stereocenters. The van der Waals surface area contributed by atoms with Crippen molar-refractivity contribution in [2.45, 2.75) is 5.16 Å². The van der Waals surface area contributed by atoms with Gasteiger partial charge in [-0.05, 0) is 6.26 Å². The number of nitro groups is 1. The van der Waals surface area contributed by atoms with Crippen molar-refractivity contribution in [3.05, 3.63) is 22.5 Å². The largest absolute Gasteiger partial charge is 0.305 e. The zero-order chi connectivity index (χ0) is 10.1. The maximum absolute atomic E-state index is 10.4. The fraction of sp³-hybridized carbons (Fsp3) is 0.167. The van der Waals surface area contributed by atoms with E-state index in [0.717, 1.165) is 6.20 Å². The molecule has 0 N–H and O–H groups in total. The standard InChI is InChI=1S/C6H5N5O2S/c1-14-6-8-5-7-2-4(11(12)13)3-10(5)9-6/h2-3H,1H3. The van der Waals surface area contributed by atoms with Crippen LogP contribution in [0.5, 0.6) is 0 Å². The Hall–Kier alpha value is -1.70. The first-order valence-corrected chi connectivity index (χ1v) is 4.84. The first kappa shape index (κ1) is 8.88. The lowest BCUT2D eigenvalue weighted by atomic mass is 10.6. The van der Waals surface area contributed by atoms with Crippen LogP contribution in [0.1, 0.15) is 0 Å². The van der Waals surface area contributed by atoms with Crippen molar-refractivity contribution in [1.29, 1.82) is 0 Å². The fourth-order valence-electron chi connectivity index (χ4n) is 0.934. The lowest BCUT2D eigenvalue weighted by molar-refractivity contribution is -0.385. The fourth-order valence-corrected chi connectivity index (χ4v) is 1.28. The molecule has 0 radical (unpaired) electrons. The number of thioether (sulfide) groups is 1. The normalized spacial score (nSPS) is 10.6. The second kappa shape index (κ2) is 3.22. The van der Waals surface area contributed by atoms with Gasteiger partial charge in [0.1, 0.15) is 12.4 Å². The molecule has 0 aliphatic rings. The summed E-state index contributed by atoms with van der Waals surface area (Å²) in [6.45, 7) is 0. The Balaban J connectivity index is 2.59. The van der Waals surface area contributed by atoms with Crippen LogP contribution in [-0.2, 0) is 0 Å². The molecular weight excluding hydrogens is 206 g/mol.